The molecule has 1 aliphatic heterocycles. The van der Waals surface area contributed by atoms with Gasteiger partial charge in [0.2, 0.25) is 0 Å². The average Bonchev–Trinajstić information content (AvgIpc) is 2.90. The Hall–Kier alpha value is -1.75. The highest BCUT2D eigenvalue weighted by atomic mass is 16.5. The lowest BCUT2D eigenvalue weighted by atomic mass is 10.2. The van der Waals surface area contributed by atoms with E-state index in [0.717, 1.165) is 25.1 Å². The number of carbonyl (C=O) groups is 1. The predicted octanol–water partition coefficient (Wildman–Crippen LogP) is 1.98. The number of nitrogens with one attached hydrogen (secondary N) is 1. The summed E-state index contributed by atoms with van der Waals surface area (Å²) in [5.74, 6) is 0. The molecular formula is C14H21N3O2. The van der Waals surface area contributed by atoms with Crippen LogP contribution in [-0.4, -0.2) is 31.8 Å². The lowest BCUT2D eigenvalue weighted by Crippen LogP contribution is -2.45. The first-order chi connectivity index (χ1) is 9.20. The summed E-state index contributed by atoms with van der Waals surface area (Å²) in [5, 5.41) is 3.01. The molecule has 19 heavy (non-hydrogen) atoms. The van der Waals surface area contributed by atoms with Gasteiger partial charge in [-0.25, -0.2) is 4.79 Å². The fourth-order valence-corrected chi connectivity index (χ4v) is 2.13. The second kappa shape index (κ2) is 6.43. The monoisotopic (exact) mass is 263 g/mol. The molecule has 3 N–H and O–H groups in total. The minimum atomic E-state index is -0.0675. The van der Waals surface area contributed by atoms with Crippen molar-refractivity contribution in [1.29, 1.82) is 0 Å². The number of benzene rings is 1. The van der Waals surface area contributed by atoms with Gasteiger partial charge in [0.15, 0.2) is 0 Å². The SMILES string of the molecule is CCCN(C(=O)NC1CCOC1)c1ccc(N)cc1. The Balaban J connectivity index is 2.05. The number of carbonyl (C=O) groups excluding carboxylic acids is 1. The van der Waals surface area contributed by atoms with Crippen molar-refractivity contribution >= 4 is 17.4 Å². The van der Waals surface area contributed by atoms with E-state index in [4.69, 9.17) is 10.5 Å². The fourth-order valence-electron chi connectivity index (χ4n) is 2.13. The lowest BCUT2D eigenvalue weighted by molar-refractivity contribution is 0.189. The molecule has 1 aliphatic rings. The number of amides is 2. The van der Waals surface area contributed by atoms with Gasteiger partial charge in [-0.1, -0.05) is 6.92 Å². The van der Waals surface area contributed by atoms with Crippen LogP contribution in [0.5, 0.6) is 0 Å². The lowest BCUT2D eigenvalue weighted by Gasteiger charge is -2.24. The number of anilines is 2. The standard InChI is InChI=1S/C14H21N3O2/c1-2-8-17(13-5-3-11(15)4-6-13)14(18)16-12-7-9-19-10-12/h3-6,12H,2,7-10,15H2,1H3,(H,16,18). The van der Waals surface area contributed by atoms with Crippen LogP contribution in [0.3, 0.4) is 0 Å². The van der Waals surface area contributed by atoms with Gasteiger partial charge in [0.1, 0.15) is 0 Å². The van der Waals surface area contributed by atoms with Gasteiger partial charge in [0, 0.05) is 24.5 Å². The van der Waals surface area contributed by atoms with Crippen LogP contribution in [0.25, 0.3) is 0 Å². The Morgan fingerprint density at radius 3 is 2.79 bits per heavy atom. The van der Waals surface area contributed by atoms with Crippen molar-refractivity contribution in [1.82, 2.24) is 5.32 Å². The highest BCUT2D eigenvalue weighted by Crippen LogP contribution is 2.17. The van der Waals surface area contributed by atoms with Crippen LogP contribution < -0.4 is 16.0 Å². The maximum atomic E-state index is 12.3. The number of nitrogens with two attached hydrogens (primary N) is 1. The largest absolute Gasteiger partial charge is 0.399 e. The molecule has 1 saturated heterocycles. The van der Waals surface area contributed by atoms with Gasteiger partial charge >= 0.3 is 6.03 Å². The van der Waals surface area contributed by atoms with Crippen molar-refractivity contribution in [3.05, 3.63) is 24.3 Å². The van der Waals surface area contributed by atoms with Gasteiger partial charge in [0.05, 0.1) is 12.6 Å². The van der Waals surface area contributed by atoms with Gasteiger partial charge in [-0.2, -0.15) is 0 Å². The topological polar surface area (TPSA) is 67.6 Å². The Labute approximate surface area is 113 Å². The van der Waals surface area contributed by atoms with Crippen molar-refractivity contribution in [2.45, 2.75) is 25.8 Å². The summed E-state index contributed by atoms with van der Waals surface area (Å²) >= 11 is 0. The molecule has 0 aromatic heterocycles. The summed E-state index contributed by atoms with van der Waals surface area (Å²) in [4.78, 5) is 14.1. The first-order valence-corrected chi connectivity index (χ1v) is 6.72. The normalized spacial score (nSPS) is 18.3. The van der Waals surface area contributed by atoms with E-state index in [1.165, 1.54) is 0 Å². The Kier molecular flexibility index (Phi) is 4.63. The maximum Gasteiger partial charge on any atom is 0.322 e. The second-order valence-electron chi connectivity index (χ2n) is 4.75. The molecule has 0 aliphatic carbocycles. The van der Waals surface area contributed by atoms with E-state index in [1.54, 1.807) is 4.90 Å². The molecule has 0 saturated carbocycles. The third-order valence-corrected chi connectivity index (χ3v) is 3.15. The van der Waals surface area contributed by atoms with Gasteiger partial charge < -0.3 is 15.8 Å². The van der Waals surface area contributed by atoms with E-state index >= 15 is 0 Å². The van der Waals surface area contributed by atoms with Crippen LogP contribution in [0.2, 0.25) is 0 Å². The summed E-state index contributed by atoms with van der Waals surface area (Å²) in [6.45, 7) is 4.06. The molecular weight excluding hydrogens is 242 g/mol. The average molecular weight is 263 g/mol. The Morgan fingerprint density at radius 1 is 1.47 bits per heavy atom. The Morgan fingerprint density at radius 2 is 2.21 bits per heavy atom. The van der Waals surface area contributed by atoms with Crippen LogP contribution in [0.4, 0.5) is 16.2 Å². The van der Waals surface area contributed by atoms with Crippen LogP contribution in [0.1, 0.15) is 19.8 Å². The molecule has 5 nitrogen and oxygen atoms in total. The first-order valence-electron chi connectivity index (χ1n) is 6.72. The fraction of sp³-hybridized carbons (Fsp3) is 0.500. The quantitative estimate of drug-likeness (QED) is 0.816. The zero-order chi connectivity index (χ0) is 13.7. The zero-order valence-electron chi connectivity index (χ0n) is 11.3. The summed E-state index contributed by atoms with van der Waals surface area (Å²) in [6.07, 6.45) is 1.78. The number of hydrogen-bond donors (Lipinski definition) is 2. The van der Waals surface area contributed by atoms with Crippen molar-refractivity contribution in [2.24, 2.45) is 0 Å². The molecule has 5 heteroatoms. The molecule has 2 amide bonds. The maximum absolute atomic E-state index is 12.3. The Bertz CT molecular complexity index is 413. The molecule has 1 heterocycles. The predicted molar refractivity (Wildman–Crippen MR) is 76.2 cm³/mol. The number of hydrogen-bond acceptors (Lipinski definition) is 3. The van der Waals surface area contributed by atoms with E-state index in [1.807, 2.05) is 24.3 Å². The smallest absolute Gasteiger partial charge is 0.322 e. The molecule has 104 valence electrons. The summed E-state index contributed by atoms with van der Waals surface area (Å²) in [5.41, 5.74) is 7.24. The molecule has 0 bridgehead atoms. The highest BCUT2D eigenvalue weighted by molar-refractivity contribution is 5.92. The first kappa shape index (κ1) is 13.7. The van der Waals surface area contributed by atoms with Crippen LogP contribution in [0.15, 0.2) is 24.3 Å². The number of nitrogen functional groups attached to an aromatic ring is 1. The summed E-state index contributed by atoms with van der Waals surface area (Å²) < 4.78 is 5.27. The van der Waals surface area contributed by atoms with E-state index in [2.05, 4.69) is 12.2 Å². The molecule has 0 radical (unpaired) electrons. The minimum absolute atomic E-state index is 0.0675. The van der Waals surface area contributed by atoms with E-state index in [-0.39, 0.29) is 12.1 Å². The van der Waals surface area contributed by atoms with Gasteiger partial charge in [-0.05, 0) is 37.1 Å². The van der Waals surface area contributed by atoms with Gasteiger partial charge in [-0.15, -0.1) is 0 Å². The van der Waals surface area contributed by atoms with Crippen molar-refractivity contribution in [3.63, 3.8) is 0 Å². The molecule has 1 aromatic carbocycles. The molecule has 2 rings (SSSR count). The highest BCUT2D eigenvalue weighted by Gasteiger charge is 2.21. The van der Waals surface area contributed by atoms with Gasteiger partial charge in [0.25, 0.3) is 0 Å². The van der Waals surface area contributed by atoms with Crippen LogP contribution in [-0.2, 0) is 4.74 Å². The van der Waals surface area contributed by atoms with E-state index < -0.39 is 0 Å². The third kappa shape index (κ3) is 3.61. The summed E-state index contributed by atoms with van der Waals surface area (Å²) in [7, 11) is 0. The van der Waals surface area contributed by atoms with Crippen molar-refractivity contribution in [3.8, 4) is 0 Å². The minimum Gasteiger partial charge on any atom is -0.399 e. The molecule has 1 aromatic rings. The number of ether oxygens (including phenoxy) is 1. The van der Waals surface area contributed by atoms with E-state index in [0.29, 0.717) is 18.8 Å². The van der Waals surface area contributed by atoms with Crippen molar-refractivity contribution in [2.75, 3.05) is 30.4 Å². The van der Waals surface area contributed by atoms with Crippen molar-refractivity contribution < 1.29 is 9.53 Å². The third-order valence-electron chi connectivity index (χ3n) is 3.15. The van der Waals surface area contributed by atoms with Crippen LogP contribution in [0, 0.1) is 0 Å². The number of nitrogens with zero attached hydrogens (tertiary/aromatic N) is 1. The van der Waals surface area contributed by atoms with Crippen LogP contribution >= 0.6 is 0 Å². The summed E-state index contributed by atoms with van der Waals surface area (Å²) in [6, 6.07) is 7.42. The molecule has 0 spiro atoms. The molecule has 1 unspecified atom stereocenters. The zero-order valence-corrected chi connectivity index (χ0v) is 11.3. The van der Waals surface area contributed by atoms with Gasteiger partial charge in [-0.3, -0.25) is 4.90 Å². The molecule has 1 fully saturated rings. The number of rotatable bonds is 4. The van der Waals surface area contributed by atoms with E-state index in [9.17, 15) is 4.79 Å². The molecule has 1 atom stereocenters. The number of urea groups is 1. The second-order valence-corrected chi connectivity index (χ2v) is 4.75.